The Bertz CT molecular complexity index is 1090. The lowest BCUT2D eigenvalue weighted by atomic mass is 10.2. The zero-order valence-electron chi connectivity index (χ0n) is 14.4. The van der Waals surface area contributed by atoms with E-state index in [0.29, 0.717) is 18.3 Å². The van der Waals surface area contributed by atoms with Crippen molar-refractivity contribution in [3.63, 3.8) is 0 Å². The highest BCUT2D eigenvalue weighted by molar-refractivity contribution is 5.91. The van der Waals surface area contributed by atoms with Gasteiger partial charge in [0.05, 0.1) is 11.0 Å². The predicted octanol–water partition coefficient (Wildman–Crippen LogP) is 1.96. The third kappa shape index (κ3) is 3.59. The summed E-state index contributed by atoms with van der Waals surface area (Å²) in [4.78, 5) is 28.8. The average Bonchev–Trinajstić information content (AvgIpc) is 3.13. The first-order valence-electron chi connectivity index (χ1n) is 8.45. The summed E-state index contributed by atoms with van der Waals surface area (Å²) < 4.78 is 1.80. The van der Waals surface area contributed by atoms with Gasteiger partial charge < -0.3 is 11.1 Å². The second-order valence-corrected chi connectivity index (χ2v) is 5.93. The number of para-hydroxylation sites is 2. The standard InChI is InChI=1S/C19H17N7O/c20-18(27)15-11-17(26-12-23-14-3-1-2-4-16(14)26)25-19(24-15)22-10-7-13-5-8-21-9-6-13/h1-6,8-9,11-12H,7,10H2,(H2,20,27)(H,22,24,25). The summed E-state index contributed by atoms with van der Waals surface area (Å²) in [5.41, 5.74) is 8.45. The van der Waals surface area contributed by atoms with E-state index >= 15 is 0 Å². The van der Waals surface area contributed by atoms with Crippen molar-refractivity contribution >= 4 is 22.9 Å². The van der Waals surface area contributed by atoms with E-state index in [1.54, 1.807) is 29.4 Å². The van der Waals surface area contributed by atoms with Crippen molar-refractivity contribution < 1.29 is 4.79 Å². The number of hydrogen-bond acceptors (Lipinski definition) is 6. The van der Waals surface area contributed by atoms with Crippen LogP contribution in [0.3, 0.4) is 0 Å². The Morgan fingerprint density at radius 3 is 2.74 bits per heavy atom. The molecule has 0 spiro atoms. The van der Waals surface area contributed by atoms with Gasteiger partial charge in [0, 0.05) is 25.0 Å². The lowest BCUT2D eigenvalue weighted by Gasteiger charge is -2.10. The molecule has 0 saturated heterocycles. The minimum atomic E-state index is -0.611. The number of rotatable bonds is 6. The summed E-state index contributed by atoms with van der Waals surface area (Å²) in [6, 6.07) is 13.1. The Balaban J connectivity index is 1.63. The Morgan fingerprint density at radius 2 is 1.93 bits per heavy atom. The SMILES string of the molecule is NC(=O)c1cc(-n2cnc3ccccc32)nc(NCCc2ccncc2)n1. The zero-order valence-corrected chi connectivity index (χ0v) is 14.4. The number of carbonyl (C=O) groups is 1. The molecule has 4 aromatic rings. The topological polar surface area (TPSA) is 112 Å². The number of amides is 1. The van der Waals surface area contributed by atoms with Crippen LogP contribution in [0.1, 0.15) is 16.1 Å². The summed E-state index contributed by atoms with van der Waals surface area (Å²) in [6.45, 7) is 0.607. The zero-order chi connectivity index (χ0) is 18.6. The first-order chi connectivity index (χ1) is 13.2. The molecule has 0 aliphatic heterocycles. The number of benzene rings is 1. The van der Waals surface area contributed by atoms with E-state index in [9.17, 15) is 4.79 Å². The third-order valence-electron chi connectivity index (χ3n) is 4.11. The van der Waals surface area contributed by atoms with Crippen molar-refractivity contribution in [1.29, 1.82) is 0 Å². The molecule has 0 fully saturated rings. The van der Waals surface area contributed by atoms with Gasteiger partial charge in [0.15, 0.2) is 0 Å². The van der Waals surface area contributed by atoms with Crippen LogP contribution in [0, 0.1) is 0 Å². The van der Waals surface area contributed by atoms with Crippen LogP contribution in [0.15, 0.2) is 61.2 Å². The number of imidazole rings is 1. The van der Waals surface area contributed by atoms with Gasteiger partial charge in [-0.25, -0.2) is 9.97 Å². The maximum atomic E-state index is 11.7. The summed E-state index contributed by atoms with van der Waals surface area (Å²) in [6.07, 6.45) is 5.94. The molecular weight excluding hydrogens is 342 g/mol. The van der Waals surface area contributed by atoms with Gasteiger partial charge in [-0.3, -0.25) is 14.3 Å². The number of nitrogens with zero attached hydrogens (tertiary/aromatic N) is 5. The molecule has 4 rings (SSSR count). The molecule has 3 aromatic heterocycles. The van der Waals surface area contributed by atoms with Gasteiger partial charge >= 0.3 is 0 Å². The molecule has 3 heterocycles. The molecule has 0 bridgehead atoms. The monoisotopic (exact) mass is 359 g/mol. The van der Waals surface area contributed by atoms with Gasteiger partial charge in [0.1, 0.15) is 17.8 Å². The molecule has 0 atom stereocenters. The van der Waals surface area contributed by atoms with E-state index in [1.165, 1.54) is 0 Å². The van der Waals surface area contributed by atoms with E-state index in [-0.39, 0.29) is 5.69 Å². The predicted molar refractivity (Wildman–Crippen MR) is 102 cm³/mol. The number of pyridine rings is 1. The number of primary amides is 1. The van der Waals surface area contributed by atoms with Crippen LogP contribution in [0.2, 0.25) is 0 Å². The van der Waals surface area contributed by atoms with Crippen molar-refractivity contribution in [2.45, 2.75) is 6.42 Å². The number of fused-ring (bicyclic) bond motifs is 1. The van der Waals surface area contributed by atoms with Gasteiger partial charge in [0.25, 0.3) is 5.91 Å². The number of anilines is 1. The van der Waals surface area contributed by atoms with Crippen LogP contribution in [0.5, 0.6) is 0 Å². The van der Waals surface area contributed by atoms with Crippen LogP contribution >= 0.6 is 0 Å². The number of carbonyl (C=O) groups excluding carboxylic acids is 1. The molecule has 8 nitrogen and oxygen atoms in total. The molecule has 134 valence electrons. The Hall–Kier alpha value is -3.81. The van der Waals surface area contributed by atoms with Crippen LogP contribution in [-0.2, 0) is 6.42 Å². The average molecular weight is 359 g/mol. The molecule has 1 aromatic carbocycles. The van der Waals surface area contributed by atoms with Crippen LogP contribution in [0.25, 0.3) is 16.9 Å². The third-order valence-corrected chi connectivity index (χ3v) is 4.11. The second-order valence-electron chi connectivity index (χ2n) is 5.93. The number of aromatic nitrogens is 5. The first-order valence-corrected chi connectivity index (χ1v) is 8.45. The number of nitrogens with one attached hydrogen (secondary N) is 1. The summed E-state index contributed by atoms with van der Waals surface area (Å²) in [5.74, 6) is 0.257. The fourth-order valence-corrected chi connectivity index (χ4v) is 2.77. The van der Waals surface area contributed by atoms with Crippen molar-refractivity contribution in [2.75, 3.05) is 11.9 Å². The second kappa shape index (κ2) is 7.20. The number of hydrogen-bond donors (Lipinski definition) is 2. The smallest absolute Gasteiger partial charge is 0.267 e. The first kappa shape index (κ1) is 16.6. The van der Waals surface area contributed by atoms with Crippen molar-refractivity contribution in [3.8, 4) is 5.82 Å². The Labute approximate surface area is 155 Å². The minimum Gasteiger partial charge on any atom is -0.364 e. The van der Waals surface area contributed by atoms with Crippen LogP contribution in [0.4, 0.5) is 5.95 Å². The Kier molecular flexibility index (Phi) is 4.44. The van der Waals surface area contributed by atoms with Gasteiger partial charge in [-0.05, 0) is 36.2 Å². The summed E-state index contributed by atoms with van der Waals surface area (Å²) in [5, 5.41) is 3.15. The van der Waals surface area contributed by atoms with Crippen molar-refractivity contribution in [2.24, 2.45) is 5.73 Å². The fraction of sp³-hybridized carbons (Fsp3) is 0.105. The quantitative estimate of drug-likeness (QED) is 0.544. The highest BCUT2D eigenvalue weighted by Gasteiger charge is 2.12. The molecule has 0 saturated carbocycles. The summed E-state index contributed by atoms with van der Waals surface area (Å²) >= 11 is 0. The number of nitrogens with two attached hydrogens (primary N) is 1. The van der Waals surface area contributed by atoms with Gasteiger partial charge in [-0.2, -0.15) is 4.98 Å². The molecular formula is C19H17N7O. The molecule has 27 heavy (non-hydrogen) atoms. The lowest BCUT2D eigenvalue weighted by molar-refractivity contribution is 0.0995. The lowest BCUT2D eigenvalue weighted by Crippen LogP contribution is -2.17. The minimum absolute atomic E-state index is 0.143. The Morgan fingerprint density at radius 1 is 1.11 bits per heavy atom. The van der Waals surface area contributed by atoms with Gasteiger partial charge in [0.2, 0.25) is 5.95 Å². The molecule has 3 N–H and O–H groups in total. The van der Waals surface area contributed by atoms with E-state index in [2.05, 4.69) is 25.3 Å². The highest BCUT2D eigenvalue weighted by atomic mass is 16.1. The maximum Gasteiger partial charge on any atom is 0.267 e. The van der Waals surface area contributed by atoms with E-state index in [1.807, 2.05) is 36.4 Å². The van der Waals surface area contributed by atoms with Gasteiger partial charge in [-0.1, -0.05) is 12.1 Å². The highest BCUT2D eigenvalue weighted by Crippen LogP contribution is 2.18. The largest absolute Gasteiger partial charge is 0.364 e. The molecule has 0 unspecified atom stereocenters. The van der Waals surface area contributed by atoms with Crippen LogP contribution in [-0.4, -0.2) is 37.0 Å². The van der Waals surface area contributed by atoms with E-state index in [4.69, 9.17) is 5.73 Å². The summed E-state index contributed by atoms with van der Waals surface area (Å²) in [7, 11) is 0. The maximum absolute atomic E-state index is 11.7. The van der Waals surface area contributed by atoms with Crippen molar-refractivity contribution in [1.82, 2.24) is 24.5 Å². The molecule has 0 aliphatic carbocycles. The molecule has 0 radical (unpaired) electrons. The van der Waals surface area contributed by atoms with Crippen LogP contribution < -0.4 is 11.1 Å². The molecule has 1 amide bonds. The normalized spacial score (nSPS) is 10.8. The van der Waals surface area contributed by atoms with Gasteiger partial charge in [-0.15, -0.1) is 0 Å². The van der Waals surface area contributed by atoms with Crippen molar-refractivity contribution in [3.05, 3.63) is 72.4 Å². The van der Waals surface area contributed by atoms with E-state index in [0.717, 1.165) is 23.0 Å². The van der Waals surface area contributed by atoms with E-state index < -0.39 is 5.91 Å². The molecule has 0 aliphatic rings. The fourth-order valence-electron chi connectivity index (χ4n) is 2.77. The molecule has 8 heteroatoms.